The van der Waals surface area contributed by atoms with Crippen LogP contribution in [0.15, 0.2) is 18.2 Å². The van der Waals surface area contributed by atoms with Crippen molar-refractivity contribution in [3.8, 4) is 0 Å². The molecule has 0 aliphatic heterocycles. The Morgan fingerprint density at radius 1 is 1.50 bits per heavy atom. The third kappa shape index (κ3) is 2.45. The Bertz CT molecular complexity index is 574. The molecule has 3 N–H and O–H groups in total. The highest BCUT2D eigenvalue weighted by Gasteiger charge is 2.10. The van der Waals surface area contributed by atoms with E-state index in [0.717, 1.165) is 23.3 Å². The number of hydrogen-bond donors (Lipinski definition) is 2. The number of imidazole rings is 1. The second-order valence-corrected chi connectivity index (χ2v) is 4.34. The molecule has 0 fully saturated rings. The summed E-state index contributed by atoms with van der Waals surface area (Å²) >= 11 is 0. The average Bonchev–Trinajstić information content (AvgIpc) is 2.62. The van der Waals surface area contributed by atoms with Crippen LogP contribution in [0.4, 0.5) is 5.69 Å². The van der Waals surface area contributed by atoms with E-state index in [4.69, 9.17) is 5.73 Å². The third-order valence-corrected chi connectivity index (χ3v) is 2.84. The van der Waals surface area contributed by atoms with Gasteiger partial charge in [-0.15, -0.1) is 0 Å². The molecule has 0 saturated heterocycles. The summed E-state index contributed by atoms with van der Waals surface area (Å²) in [6.45, 7) is 4.92. The first-order valence-electron chi connectivity index (χ1n) is 6.11. The molecule has 1 aromatic heterocycles. The summed E-state index contributed by atoms with van der Waals surface area (Å²) in [6.07, 6.45) is 0.936. The van der Waals surface area contributed by atoms with E-state index in [1.54, 1.807) is 0 Å². The van der Waals surface area contributed by atoms with E-state index in [1.807, 2.05) is 36.6 Å². The lowest BCUT2D eigenvalue weighted by atomic mass is 10.3. The highest BCUT2D eigenvalue weighted by Crippen LogP contribution is 2.18. The second kappa shape index (κ2) is 5.08. The fraction of sp³-hybridized carbons (Fsp3) is 0.385. The summed E-state index contributed by atoms with van der Waals surface area (Å²) in [6, 6.07) is 5.55. The van der Waals surface area contributed by atoms with Gasteiger partial charge >= 0.3 is 0 Å². The maximum atomic E-state index is 11.7. The number of anilines is 1. The lowest BCUT2D eigenvalue weighted by Gasteiger charge is -2.07. The predicted octanol–water partition coefficient (Wildman–Crippen LogP) is 1.45. The smallest absolute Gasteiger partial charge is 0.240 e. The Hall–Kier alpha value is -2.04. The standard InChI is InChI=1S/C13H18N4O/c1-3-6-15-13(18)8-17-9(2)16-11-7-10(14)4-5-12(11)17/h4-5,7H,3,6,8,14H2,1-2H3,(H,15,18). The summed E-state index contributed by atoms with van der Waals surface area (Å²) in [7, 11) is 0. The van der Waals surface area contributed by atoms with E-state index >= 15 is 0 Å². The number of nitrogens with two attached hydrogens (primary N) is 1. The second-order valence-electron chi connectivity index (χ2n) is 4.34. The Balaban J connectivity index is 2.27. The Kier molecular flexibility index (Phi) is 3.50. The van der Waals surface area contributed by atoms with E-state index < -0.39 is 0 Å². The molecule has 0 aliphatic carbocycles. The largest absolute Gasteiger partial charge is 0.399 e. The van der Waals surface area contributed by atoms with Crippen molar-refractivity contribution in [2.24, 2.45) is 0 Å². The number of nitrogens with zero attached hydrogens (tertiary/aromatic N) is 2. The van der Waals surface area contributed by atoms with Crippen LogP contribution in [0.3, 0.4) is 0 Å². The first-order valence-corrected chi connectivity index (χ1v) is 6.11. The molecule has 0 aliphatic rings. The van der Waals surface area contributed by atoms with Crippen molar-refractivity contribution in [1.29, 1.82) is 0 Å². The highest BCUT2D eigenvalue weighted by atomic mass is 16.1. The summed E-state index contributed by atoms with van der Waals surface area (Å²) in [4.78, 5) is 16.2. The van der Waals surface area contributed by atoms with Crippen LogP contribution in [0, 0.1) is 6.92 Å². The van der Waals surface area contributed by atoms with Gasteiger partial charge in [-0.3, -0.25) is 4.79 Å². The lowest BCUT2D eigenvalue weighted by Crippen LogP contribution is -2.28. The van der Waals surface area contributed by atoms with E-state index in [0.29, 0.717) is 18.8 Å². The van der Waals surface area contributed by atoms with Gasteiger partial charge < -0.3 is 15.6 Å². The number of nitrogens with one attached hydrogen (secondary N) is 1. The highest BCUT2D eigenvalue weighted by molar-refractivity contribution is 5.83. The number of aryl methyl sites for hydroxylation is 1. The third-order valence-electron chi connectivity index (χ3n) is 2.84. The molecular formula is C13H18N4O. The summed E-state index contributed by atoms with van der Waals surface area (Å²) in [5.41, 5.74) is 8.17. The Morgan fingerprint density at radius 3 is 3.00 bits per heavy atom. The van der Waals surface area contributed by atoms with Crippen LogP contribution in [0.1, 0.15) is 19.2 Å². The van der Waals surface area contributed by atoms with Crippen LogP contribution < -0.4 is 11.1 Å². The average molecular weight is 246 g/mol. The van der Waals surface area contributed by atoms with Gasteiger partial charge in [0.15, 0.2) is 0 Å². The molecule has 2 aromatic rings. The molecule has 0 saturated carbocycles. The zero-order valence-electron chi connectivity index (χ0n) is 10.7. The number of nitrogen functional groups attached to an aromatic ring is 1. The maximum absolute atomic E-state index is 11.7. The number of benzene rings is 1. The number of rotatable bonds is 4. The van der Waals surface area contributed by atoms with E-state index in [9.17, 15) is 4.79 Å². The molecule has 0 unspecified atom stereocenters. The Labute approximate surface area is 106 Å². The monoisotopic (exact) mass is 246 g/mol. The van der Waals surface area contributed by atoms with Crippen LogP contribution in [0.5, 0.6) is 0 Å². The molecule has 5 heteroatoms. The first-order chi connectivity index (χ1) is 8.61. The van der Waals surface area contributed by atoms with Crippen LogP contribution >= 0.6 is 0 Å². The minimum Gasteiger partial charge on any atom is -0.399 e. The van der Waals surface area contributed by atoms with Crippen molar-refractivity contribution in [1.82, 2.24) is 14.9 Å². The summed E-state index contributed by atoms with van der Waals surface area (Å²) in [5, 5.41) is 2.86. The minimum atomic E-state index is 0.0103. The number of carbonyl (C=O) groups is 1. The topological polar surface area (TPSA) is 72.9 Å². The molecular weight excluding hydrogens is 228 g/mol. The molecule has 2 rings (SSSR count). The van der Waals surface area contributed by atoms with Gasteiger partial charge in [-0.25, -0.2) is 4.98 Å². The van der Waals surface area contributed by atoms with E-state index in [1.165, 1.54) is 0 Å². The van der Waals surface area contributed by atoms with Gasteiger partial charge in [0.1, 0.15) is 12.4 Å². The molecule has 0 spiro atoms. The molecule has 1 amide bonds. The minimum absolute atomic E-state index is 0.0103. The van der Waals surface area contributed by atoms with Crippen LogP contribution in [0.25, 0.3) is 11.0 Å². The number of amides is 1. The van der Waals surface area contributed by atoms with Gasteiger partial charge in [0.05, 0.1) is 11.0 Å². The van der Waals surface area contributed by atoms with Crippen LogP contribution in [-0.2, 0) is 11.3 Å². The molecule has 1 heterocycles. The zero-order valence-corrected chi connectivity index (χ0v) is 10.7. The normalized spacial score (nSPS) is 10.8. The number of hydrogen-bond acceptors (Lipinski definition) is 3. The van der Waals surface area contributed by atoms with Gasteiger partial charge in [0.25, 0.3) is 0 Å². The Morgan fingerprint density at radius 2 is 2.28 bits per heavy atom. The van der Waals surface area contributed by atoms with E-state index in [-0.39, 0.29) is 5.91 Å². The van der Waals surface area contributed by atoms with Crippen molar-refractivity contribution in [3.63, 3.8) is 0 Å². The van der Waals surface area contributed by atoms with Gasteiger partial charge in [-0.1, -0.05) is 6.92 Å². The van der Waals surface area contributed by atoms with Crippen molar-refractivity contribution >= 4 is 22.6 Å². The fourth-order valence-corrected chi connectivity index (χ4v) is 1.93. The van der Waals surface area contributed by atoms with Crippen molar-refractivity contribution in [2.75, 3.05) is 12.3 Å². The molecule has 1 aromatic carbocycles. The van der Waals surface area contributed by atoms with Crippen molar-refractivity contribution in [3.05, 3.63) is 24.0 Å². The molecule has 0 atom stereocenters. The first kappa shape index (κ1) is 12.4. The SMILES string of the molecule is CCCNC(=O)Cn1c(C)nc2cc(N)ccc21. The molecule has 18 heavy (non-hydrogen) atoms. The quantitative estimate of drug-likeness (QED) is 0.802. The van der Waals surface area contributed by atoms with Crippen LogP contribution in [-0.4, -0.2) is 22.0 Å². The maximum Gasteiger partial charge on any atom is 0.240 e. The number of carbonyl (C=O) groups excluding carboxylic acids is 1. The number of aromatic nitrogens is 2. The zero-order chi connectivity index (χ0) is 13.1. The molecule has 96 valence electrons. The predicted molar refractivity (Wildman–Crippen MR) is 72.2 cm³/mol. The van der Waals surface area contributed by atoms with Gasteiger partial charge in [0, 0.05) is 12.2 Å². The van der Waals surface area contributed by atoms with Crippen molar-refractivity contribution in [2.45, 2.75) is 26.8 Å². The van der Waals surface area contributed by atoms with Crippen molar-refractivity contribution < 1.29 is 4.79 Å². The summed E-state index contributed by atoms with van der Waals surface area (Å²) < 4.78 is 1.90. The fourth-order valence-electron chi connectivity index (χ4n) is 1.93. The lowest BCUT2D eigenvalue weighted by molar-refractivity contribution is -0.121. The summed E-state index contributed by atoms with van der Waals surface area (Å²) in [5.74, 6) is 0.832. The molecule has 0 radical (unpaired) electrons. The van der Waals surface area contributed by atoms with E-state index in [2.05, 4.69) is 10.3 Å². The van der Waals surface area contributed by atoms with Gasteiger partial charge in [-0.05, 0) is 31.5 Å². The number of fused-ring (bicyclic) bond motifs is 1. The van der Waals surface area contributed by atoms with Crippen LogP contribution in [0.2, 0.25) is 0 Å². The molecule has 5 nitrogen and oxygen atoms in total. The molecule has 0 bridgehead atoms. The van der Waals surface area contributed by atoms with Gasteiger partial charge in [-0.2, -0.15) is 0 Å². The van der Waals surface area contributed by atoms with Gasteiger partial charge in [0.2, 0.25) is 5.91 Å².